The number of carboxylic acid groups (broad SMARTS) is 1. The van der Waals surface area contributed by atoms with Gasteiger partial charge in [-0.2, -0.15) is 0 Å². The highest BCUT2D eigenvalue weighted by Crippen LogP contribution is 2.25. The first-order valence-corrected chi connectivity index (χ1v) is 6.95. The highest BCUT2D eigenvalue weighted by atomic mass is 32.2. The van der Waals surface area contributed by atoms with Gasteiger partial charge >= 0.3 is 5.97 Å². The maximum atomic E-state index is 10.4. The molecule has 18 heavy (non-hydrogen) atoms. The van der Waals surface area contributed by atoms with Crippen molar-refractivity contribution in [3.8, 4) is 0 Å². The van der Waals surface area contributed by atoms with E-state index < -0.39 is 5.97 Å². The molecule has 0 saturated heterocycles. The van der Waals surface area contributed by atoms with E-state index in [1.54, 1.807) is 0 Å². The van der Waals surface area contributed by atoms with Gasteiger partial charge in [0, 0.05) is 34.9 Å². The fourth-order valence-corrected chi connectivity index (χ4v) is 2.35. The molecule has 0 heterocycles. The van der Waals surface area contributed by atoms with Gasteiger partial charge in [0.25, 0.3) is 0 Å². The Balaban J connectivity index is 2.55. The predicted molar refractivity (Wildman–Crippen MR) is 76.8 cm³/mol. The molecule has 0 spiro atoms. The van der Waals surface area contributed by atoms with Crippen molar-refractivity contribution in [2.24, 2.45) is 4.99 Å². The van der Waals surface area contributed by atoms with Gasteiger partial charge in [0.2, 0.25) is 0 Å². The first-order chi connectivity index (χ1) is 8.59. The Labute approximate surface area is 112 Å². The Bertz CT molecular complexity index is 416. The summed E-state index contributed by atoms with van der Waals surface area (Å²) in [4.78, 5) is 15.8. The quantitative estimate of drug-likeness (QED) is 0.466. The topological polar surface area (TPSA) is 49.7 Å². The van der Waals surface area contributed by atoms with Crippen LogP contribution in [0.5, 0.6) is 0 Å². The lowest BCUT2D eigenvalue weighted by Gasteiger charge is -2.07. The van der Waals surface area contributed by atoms with Gasteiger partial charge in [-0.1, -0.05) is 32.0 Å². The van der Waals surface area contributed by atoms with Crippen LogP contribution in [0.15, 0.2) is 34.2 Å². The van der Waals surface area contributed by atoms with Crippen molar-refractivity contribution in [3.05, 3.63) is 29.8 Å². The van der Waals surface area contributed by atoms with Crippen molar-refractivity contribution in [1.29, 1.82) is 0 Å². The van der Waals surface area contributed by atoms with Crippen molar-refractivity contribution >= 4 is 23.9 Å². The van der Waals surface area contributed by atoms with E-state index in [4.69, 9.17) is 5.11 Å². The molecule has 0 fully saturated rings. The van der Waals surface area contributed by atoms with Crippen molar-refractivity contribution in [2.45, 2.75) is 36.8 Å². The van der Waals surface area contributed by atoms with Crippen LogP contribution in [0, 0.1) is 0 Å². The fraction of sp³-hybridized carbons (Fsp3) is 0.429. The summed E-state index contributed by atoms with van der Waals surface area (Å²) in [5, 5.41) is 9.05. The number of aliphatic imine (C=N–C) groups is 1. The highest BCUT2D eigenvalue weighted by molar-refractivity contribution is 8.00. The van der Waals surface area contributed by atoms with E-state index in [-0.39, 0.29) is 6.42 Å². The number of benzene rings is 1. The molecule has 3 nitrogen and oxygen atoms in total. The lowest BCUT2D eigenvalue weighted by molar-refractivity contribution is -0.137. The predicted octanol–water partition coefficient (Wildman–Crippen LogP) is 3.47. The van der Waals surface area contributed by atoms with Gasteiger partial charge in [0.1, 0.15) is 0 Å². The van der Waals surface area contributed by atoms with Crippen molar-refractivity contribution in [1.82, 2.24) is 0 Å². The Hall–Kier alpha value is -1.29. The summed E-state index contributed by atoms with van der Waals surface area (Å²) in [6.07, 6.45) is 2.61. The lowest BCUT2D eigenvalue weighted by atomic mass is 10.2. The normalized spacial score (nSPS) is 11.3. The molecular formula is C14H19NO2S. The Morgan fingerprint density at radius 3 is 2.83 bits per heavy atom. The number of rotatable bonds is 7. The number of thioether (sulfide) groups is 1. The third-order valence-corrected chi connectivity index (χ3v) is 3.29. The summed E-state index contributed by atoms with van der Waals surface area (Å²) in [5.74, 6) is -0.763. The summed E-state index contributed by atoms with van der Waals surface area (Å²) in [6, 6.07) is 8.13. The number of nitrogens with zero attached hydrogens (tertiary/aromatic N) is 1. The molecular weight excluding hydrogens is 246 g/mol. The molecule has 4 heteroatoms. The molecule has 98 valence electrons. The van der Waals surface area contributed by atoms with Crippen LogP contribution >= 0.6 is 11.8 Å². The van der Waals surface area contributed by atoms with Crippen LogP contribution in [0.3, 0.4) is 0 Å². The van der Waals surface area contributed by atoms with Gasteiger partial charge in [0.15, 0.2) is 0 Å². The Morgan fingerprint density at radius 1 is 1.44 bits per heavy atom. The van der Waals surface area contributed by atoms with E-state index in [9.17, 15) is 4.79 Å². The molecule has 1 aromatic carbocycles. The van der Waals surface area contributed by atoms with Gasteiger partial charge < -0.3 is 5.11 Å². The number of hydrogen-bond donors (Lipinski definition) is 1. The lowest BCUT2D eigenvalue weighted by Crippen LogP contribution is -1.96. The van der Waals surface area contributed by atoms with Gasteiger partial charge in [-0.15, -0.1) is 11.8 Å². The van der Waals surface area contributed by atoms with Gasteiger partial charge in [-0.05, 0) is 12.5 Å². The molecule has 0 atom stereocenters. The third-order valence-electron chi connectivity index (χ3n) is 2.19. The summed E-state index contributed by atoms with van der Waals surface area (Å²) in [5.41, 5.74) is 1.10. The molecule has 1 N–H and O–H groups in total. The number of carboxylic acids is 1. The summed E-state index contributed by atoms with van der Waals surface area (Å²) in [7, 11) is 0. The SMILES string of the molecule is CC(C)Sc1ccccc1/C=N/CCCC(=O)O. The zero-order valence-corrected chi connectivity index (χ0v) is 11.6. The molecule has 0 amide bonds. The molecule has 0 bridgehead atoms. The van der Waals surface area contributed by atoms with Crippen molar-refractivity contribution in [2.75, 3.05) is 6.54 Å². The van der Waals surface area contributed by atoms with Crippen molar-refractivity contribution < 1.29 is 9.90 Å². The number of hydrogen-bond acceptors (Lipinski definition) is 3. The monoisotopic (exact) mass is 265 g/mol. The van der Waals surface area contributed by atoms with Gasteiger partial charge in [-0.25, -0.2) is 0 Å². The molecule has 0 radical (unpaired) electrons. The third kappa shape index (κ3) is 5.87. The van der Waals surface area contributed by atoms with E-state index in [1.807, 2.05) is 36.2 Å². The molecule has 0 aliphatic carbocycles. The zero-order valence-electron chi connectivity index (χ0n) is 10.8. The minimum Gasteiger partial charge on any atom is -0.481 e. The van der Waals surface area contributed by atoms with E-state index in [0.29, 0.717) is 18.2 Å². The van der Waals surface area contributed by atoms with Crippen LogP contribution in [-0.2, 0) is 4.79 Å². The highest BCUT2D eigenvalue weighted by Gasteiger charge is 2.02. The summed E-state index contributed by atoms with van der Waals surface area (Å²) < 4.78 is 0. The molecule has 0 unspecified atom stereocenters. The molecule has 0 aliphatic rings. The summed E-state index contributed by atoms with van der Waals surface area (Å²) in [6.45, 7) is 4.88. The summed E-state index contributed by atoms with van der Waals surface area (Å²) >= 11 is 1.81. The smallest absolute Gasteiger partial charge is 0.303 e. The zero-order chi connectivity index (χ0) is 13.4. The second kappa shape index (κ2) is 7.93. The van der Waals surface area contributed by atoms with E-state index in [1.165, 1.54) is 4.90 Å². The first-order valence-electron chi connectivity index (χ1n) is 6.07. The van der Waals surface area contributed by atoms with Gasteiger partial charge in [0.05, 0.1) is 0 Å². The van der Waals surface area contributed by atoms with E-state index >= 15 is 0 Å². The Kier molecular flexibility index (Phi) is 6.50. The maximum absolute atomic E-state index is 10.4. The largest absolute Gasteiger partial charge is 0.481 e. The number of aliphatic carboxylic acids is 1. The second-order valence-electron chi connectivity index (χ2n) is 4.24. The molecule has 1 rings (SSSR count). The van der Waals surface area contributed by atoms with Crippen LogP contribution in [0.25, 0.3) is 0 Å². The standard InChI is InChI=1S/C14H19NO2S/c1-11(2)18-13-7-4-3-6-12(13)10-15-9-5-8-14(16)17/h3-4,6-7,10-11H,5,8-9H2,1-2H3,(H,16,17)/b15-10+. The van der Waals surface area contributed by atoms with Crippen LogP contribution < -0.4 is 0 Å². The fourth-order valence-electron chi connectivity index (χ4n) is 1.43. The van der Waals surface area contributed by atoms with E-state index in [0.717, 1.165) is 5.56 Å². The van der Waals surface area contributed by atoms with Crippen LogP contribution in [-0.4, -0.2) is 29.1 Å². The maximum Gasteiger partial charge on any atom is 0.303 e. The van der Waals surface area contributed by atoms with Crippen LogP contribution in [0.1, 0.15) is 32.3 Å². The molecule has 0 saturated carbocycles. The van der Waals surface area contributed by atoms with Gasteiger partial charge in [-0.3, -0.25) is 9.79 Å². The Morgan fingerprint density at radius 2 is 2.17 bits per heavy atom. The molecule has 1 aromatic rings. The first kappa shape index (κ1) is 14.8. The molecule has 0 aliphatic heterocycles. The van der Waals surface area contributed by atoms with Crippen LogP contribution in [0.2, 0.25) is 0 Å². The van der Waals surface area contributed by atoms with Crippen molar-refractivity contribution in [3.63, 3.8) is 0 Å². The van der Waals surface area contributed by atoms with Crippen LogP contribution in [0.4, 0.5) is 0 Å². The minimum absolute atomic E-state index is 0.180. The van der Waals surface area contributed by atoms with E-state index in [2.05, 4.69) is 24.9 Å². The second-order valence-corrected chi connectivity index (χ2v) is 5.86. The average molecular weight is 265 g/mol. The molecule has 0 aromatic heterocycles. The minimum atomic E-state index is -0.763. The average Bonchev–Trinajstić information content (AvgIpc) is 2.29. The number of carbonyl (C=O) groups is 1.